The molecule has 6 nitrogen and oxygen atoms in total. The molecule has 0 atom stereocenters. The van der Waals surface area contributed by atoms with E-state index in [0.29, 0.717) is 18.1 Å². The van der Waals surface area contributed by atoms with Crippen molar-refractivity contribution in [2.75, 3.05) is 17.3 Å². The largest absolute Gasteiger partial charge is 0.365 e. The van der Waals surface area contributed by atoms with E-state index < -0.39 is 0 Å². The van der Waals surface area contributed by atoms with Crippen molar-refractivity contribution in [3.63, 3.8) is 0 Å². The zero-order chi connectivity index (χ0) is 16.8. The van der Waals surface area contributed by atoms with Gasteiger partial charge in [0.1, 0.15) is 11.5 Å². The Morgan fingerprint density at radius 1 is 1.04 bits per heavy atom. The Hall–Kier alpha value is -3.28. The predicted octanol–water partition coefficient (Wildman–Crippen LogP) is 2.76. The van der Waals surface area contributed by atoms with Gasteiger partial charge in [0.05, 0.1) is 12.4 Å². The highest BCUT2D eigenvalue weighted by molar-refractivity contribution is 6.04. The molecule has 1 N–H and O–H groups in total. The molecule has 0 unspecified atom stereocenters. The van der Waals surface area contributed by atoms with Gasteiger partial charge < -0.3 is 10.2 Å². The molecule has 0 aliphatic heterocycles. The van der Waals surface area contributed by atoms with E-state index in [0.717, 1.165) is 11.3 Å². The summed E-state index contributed by atoms with van der Waals surface area (Å²) < 4.78 is 0. The molecule has 0 aliphatic rings. The van der Waals surface area contributed by atoms with Crippen LogP contribution in [0.4, 0.5) is 11.5 Å². The van der Waals surface area contributed by atoms with Crippen molar-refractivity contribution in [3.05, 3.63) is 78.5 Å². The van der Waals surface area contributed by atoms with Crippen LogP contribution in [0.3, 0.4) is 0 Å². The summed E-state index contributed by atoms with van der Waals surface area (Å²) >= 11 is 0. The molecule has 3 aromatic rings. The quantitative estimate of drug-likeness (QED) is 0.783. The lowest BCUT2D eigenvalue weighted by molar-refractivity contribution is 0.0988. The molecule has 2 heterocycles. The van der Waals surface area contributed by atoms with Gasteiger partial charge in [-0.25, -0.2) is 9.97 Å². The van der Waals surface area contributed by atoms with Crippen molar-refractivity contribution < 1.29 is 4.79 Å². The van der Waals surface area contributed by atoms with Crippen LogP contribution < -0.4 is 10.2 Å². The van der Waals surface area contributed by atoms with Crippen molar-refractivity contribution in [3.8, 4) is 0 Å². The van der Waals surface area contributed by atoms with Crippen LogP contribution >= 0.6 is 0 Å². The summed E-state index contributed by atoms with van der Waals surface area (Å²) in [7, 11) is 1.72. The van der Waals surface area contributed by atoms with Crippen LogP contribution in [-0.4, -0.2) is 27.9 Å². The lowest BCUT2D eigenvalue weighted by atomic mass is 10.2. The highest BCUT2D eigenvalue weighted by Gasteiger charge is 2.15. The lowest BCUT2D eigenvalue weighted by Crippen LogP contribution is -2.27. The second-order valence-electron chi connectivity index (χ2n) is 5.20. The van der Waals surface area contributed by atoms with E-state index in [4.69, 9.17) is 0 Å². The van der Waals surface area contributed by atoms with Crippen molar-refractivity contribution in [2.45, 2.75) is 6.54 Å². The molecular formula is C18H17N5O. The normalized spacial score (nSPS) is 10.2. The van der Waals surface area contributed by atoms with Crippen LogP contribution in [0, 0.1) is 0 Å². The molecule has 120 valence electrons. The van der Waals surface area contributed by atoms with Crippen LogP contribution in [-0.2, 0) is 6.54 Å². The number of carbonyl (C=O) groups excluding carboxylic acids is 1. The Labute approximate surface area is 140 Å². The third-order valence-electron chi connectivity index (χ3n) is 3.54. The van der Waals surface area contributed by atoms with Gasteiger partial charge in [0, 0.05) is 31.7 Å². The van der Waals surface area contributed by atoms with E-state index in [9.17, 15) is 4.79 Å². The Balaban J connectivity index is 1.64. The number of para-hydroxylation sites is 1. The Morgan fingerprint density at radius 2 is 1.79 bits per heavy atom. The number of nitrogens with zero attached hydrogens (tertiary/aromatic N) is 4. The first kappa shape index (κ1) is 15.6. The first-order valence-electron chi connectivity index (χ1n) is 7.52. The Morgan fingerprint density at radius 3 is 2.46 bits per heavy atom. The number of amides is 1. The van der Waals surface area contributed by atoms with Crippen molar-refractivity contribution in [1.29, 1.82) is 0 Å². The third kappa shape index (κ3) is 3.73. The molecule has 0 bridgehead atoms. The maximum absolute atomic E-state index is 12.4. The first-order valence-corrected chi connectivity index (χ1v) is 7.52. The number of hydrogen-bond acceptors (Lipinski definition) is 5. The number of nitrogens with one attached hydrogen (secondary N) is 1. The molecule has 0 saturated heterocycles. The fourth-order valence-corrected chi connectivity index (χ4v) is 2.16. The number of pyridine rings is 1. The van der Waals surface area contributed by atoms with Crippen molar-refractivity contribution in [1.82, 2.24) is 15.0 Å². The standard InChI is InChI=1S/C18H17N5O/c1-23(15-5-3-2-4-6-15)18(24)16-12-22-17(13-20-16)21-11-14-7-9-19-10-8-14/h2-10,12-13H,11H2,1H3,(H,21,22). The molecule has 2 aromatic heterocycles. The highest BCUT2D eigenvalue weighted by Crippen LogP contribution is 2.14. The van der Waals surface area contributed by atoms with E-state index in [1.165, 1.54) is 6.20 Å². The van der Waals surface area contributed by atoms with Crippen molar-refractivity contribution in [2.24, 2.45) is 0 Å². The summed E-state index contributed by atoms with van der Waals surface area (Å²) in [5.41, 5.74) is 2.20. The molecule has 1 amide bonds. The molecule has 3 rings (SSSR count). The van der Waals surface area contributed by atoms with Crippen LogP contribution in [0.5, 0.6) is 0 Å². The van der Waals surface area contributed by atoms with E-state index in [1.54, 1.807) is 30.5 Å². The van der Waals surface area contributed by atoms with Gasteiger partial charge in [-0.05, 0) is 29.8 Å². The molecule has 1 aromatic carbocycles. The molecular weight excluding hydrogens is 302 g/mol. The fraction of sp³-hybridized carbons (Fsp3) is 0.111. The van der Waals surface area contributed by atoms with E-state index >= 15 is 0 Å². The van der Waals surface area contributed by atoms with E-state index in [-0.39, 0.29) is 5.91 Å². The van der Waals surface area contributed by atoms with Gasteiger partial charge in [-0.15, -0.1) is 0 Å². The van der Waals surface area contributed by atoms with E-state index in [1.807, 2.05) is 42.5 Å². The number of hydrogen-bond donors (Lipinski definition) is 1. The second kappa shape index (κ2) is 7.32. The SMILES string of the molecule is CN(C(=O)c1cnc(NCc2ccncc2)cn1)c1ccccc1. The maximum atomic E-state index is 12.4. The second-order valence-corrected chi connectivity index (χ2v) is 5.20. The highest BCUT2D eigenvalue weighted by atomic mass is 16.2. The van der Waals surface area contributed by atoms with Crippen LogP contribution in [0.15, 0.2) is 67.3 Å². The maximum Gasteiger partial charge on any atom is 0.278 e. The summed E-state index contributed by atoms with van der Waals surface area (Å²) in [4.78, 5) is 26.4. The number of aromatic nitrogens is 3. The first-order chi connectivity index (χ1) is 11.7. The van der Waals surface area contributed by atoms with Gasteiger partial charge >= 0.3 is 0 Å². The Kier molecular flexibility index (Phi) is 4.76. The topological polar surface area (TPSA) is 71.0 Å². The average molecular weight is 319 g/mol. The zero-order valence-electron chi connectivity index (χ0n) is 13.3. The predicted molar refractivity (Wildman–Crippen MR) is 92.8 cm³/mol. The van der Waals surface area contributed by atoms with Crippen molar-refractivity contribution >= 4 is 17.4 Å². The number of anilines is 2. The summed E-state index contributed by atoms with van der Waals surface area (Å²) in [6, 6.07) is 13.3. The number of benzene rings is 1. The van der Waals surface area contributed by atoms with Gasteiger partial charge in [-0.1, -0.05) is 18.2 Å². The Bertz CT molecular complexity index is 791. The minimum atomic E-state index is -0.200. The van der Waals surface area contributed by atoms with Crippen LogP contribution in [0.25, 0.3) is 0 Å². The van der Waals surface area contributed by atoms with Gasteiger partial charge in [-0.2, -0.15) is 0 Å². The smallest absolute Gasteiger partial charge is 0.278 e. The van der Waals surface area contributed by atoms with Gasteiger partial charge in [-0.3, -0.25) is 9.78 Å². The minimum Gasteiger partial charge on any atom is -0.365 e. The fourth-order valence-electron chi connectivity index (χ4n) is 2.16. The van der Waals surface area contributed by atoms with Crippen LogP contribution in [0.1, 0.15) is 16.1 Å². The van der Waals surface area contributed by atoms with Gasteiger partial charge in [0.15, 0.2) is 0 Å². The molecule has 0 aliphatic carbocycles. The molecule has 0 saturated carbocycles. The summed E-state index contributed by atoms with van der Waals surface area (Å²) in [5, 5.41) is 3.16. The summed E-state index contributed by atoms with van der Waals surface area (Å²) in [6.07, 6.45) is 6.53. The molecule has 0 radical (unpaired) electrons. The molecule has 6 heteroatoms. The monoisotopic (exact) mass is 319 g/mol. The van der Waals surface area contributed by atoms with Gasteiger partial charge in [0.2, 0.25) is 0 Å². The molecule has 24 heavy (non-hydrogen) atoms. The minimum absolute atomic E-state index is 0.200. The number of carbonyl (C=O) groups is 1. The van der Waals surface area contributed by atoms with Gasteiger partial charge in [0.25, 0.3) is 5.91 Å². The average Bonchev–Trinajstić information content (AvgIpc) is 2.67. The lowest BCUT2D eigenvalue weighted by Gasteiger charge is -2.16. The summed E-state index contributed by atoms with van der Waals surface area (Å²) in [5.74, 6) is 0.417. The van der Waals surface area contributed by atoms with E-state index in [2.05, 4.69) is 20.3 Å². The zero-order valence-corrected chi connectivity index (χ0v) is 13.3. The van der Waals surface area contributed by atoms with Crippen LogP contribution in [0.2, 0.25) is 0 Å². The number of rotatable bonds is 5. The third-order valence-corrected chi connectivity index (χ3v) is 3.54. The molecule has 0 spiro atoms. The molecule has 0 fully saturated rings. The summed E-state index contributed by atoms with van der Waals surface area (Å²) in [6.45, 7) is 0.619.